The van der Waals surface area contributed by atoms with E-state index in [4.69, 9.17) is 10.5 Å². The number of aromatic amines is 1. The minimum Gasteiger partial charge on any atom is -0.384 e. The molecular formula is C12H15N5O3. The summed E-state index contributed by atoms with van der Waals surface area (Å²) < 4.78 is 7.25. The van der Waals surface area contributed by atoms with E-state index in [2.05, 4.69) is 21.5 Å². The Morgan fingerprint density at radius 3 is 3.05 bits per heavy atom. The molecule has 8 nitrogen and oxygen atoms in total. The highest BCUT2D eigenvalue weighted by atomic mass is 16.5. The van der Waals surface area contributed by atoms with Gasteiger partial charge in [0.15, 0.2) is 17.4 Å². The molecule has 2 aromatic heterocycles. The van der Waals surface area contributed by atoms with Gasteiger partial charge in [0.05, 0.1) is 12.4 Å². The monoisotopic (exact) mass is 277 g/mol. The second-order valence-electron chi connectivity index (χ2n) is 4.72. The molecule has 2 aromatic rings. The van der Waals surface area contributed by atoms with Gasteiger partial charge >= 0.3 is 0 Å². The van der Waals surface area contributed by atoms with Crippen LogP contribution in [0.25, 0.3) is 11.2 Å². The van der Waals surface area contributed by atoms with E-state index < -0.39 is 17.9 Å². The SMILES string of the molecule is C=C1[C@@H](O)[C@H](n2cnc3c(=O)[nH]c(N)nc32)O[C@@H]1CC. The van der Waals surface area contributed by atoms with Crippen LogP contribution in [0.5, 0.6) is 0 Å². The van der Waals surface area contributed by atoms with Crippen LogP contribution in [0.15, 0.2) is 23.3 Å². The summed E-state index contributed by atoms with van der Waals surface area (Å²) >= 11 is 0. The van der Waals surface area contributed by atoms with E-state index in [1.807, 2.05) is 6.92 Å². The molecule has 0 bridgehead atoms. The summed E-state index contributed by atoms with van der Waals surface area (Å²) in [4.78, 5) is 22.1. The molecule has 0 aromatic carbocycles. The van der Waals surface area contributed by atoms with E-state index in [0.717, 1.165) is 0 Å². The van der Waals surface area contributed by atoms with Crippen LogP contribution in [0.4, 0.5) is 5.95 Å². The number of imidazole rings is 1. The molecule has 0 aliphatic carbocycles. The van der Waals surface area contributed by atoms with Crippen molar-refractivity contribution in [2.75, 3.05) is 5.73 Å². The Morgan fingerprint density at radius 2 is 2.40 bits per heavy atom. The van der Waals surface area contributed by atoms with Gasteiger partial charge in [-0.2, -0.15) is 4.98 Å². The summed E-state index contributed by atoms with van der Waals surface area (Å²) in [5, 5.41) is 10.2. The largest absolute Gasteiger partial charge is 0.384 e. The van der Waals surface area contributed by atoms with Gasteiger partial charge < -0.3 is 15.6 Å². The van der Waals surface area contributed by atoms with Gasteiger partial charge in [-0.05, 0) is 12.0 Å². The maximum absolute atomic E-state index is 11.7. The molecule has 106 valence electrons. The lowest BCUT2D eigenvalue weighted by atomic mass is 10.1. The van der Waals surface area contributed by atoms with Crippen molar-refractivity contribution >= 4 is 17.1 Å². The minimum absolute atomic E-state index is 0.0115. The van der Waals surface area contributed by atoms with Crippen molar-refractivity contribution in [3.8, 4) is 0 Å². The number of aliphatic hydroxyl groups excluding tert-OH is 1. The number of ether oxygens (including phenoxy) is 1. The Balaban J connectivity index is 2.12. The molecule has 1 saturated heterocycles. The first-order valence-corrected chi connectivity index (χ1v) is 6.27. The Kier molecular flexibility index (Phi) is 2.84. The molecule has 0 saturated carbocycles. The molecule has 4 N–H and O–H groups in total. The highest BCUT2D eigenvalue weighted by Crippen LogP contribution is 2.34. The lowest BCUT2D eigenvalue weighted by molar-refractivity contribution is -0.0355. The van der Waals surface area contributed by atoms with Gasteiger partial charge in [0, 0.05) is 0 Å². The molecule has 0 unspecified atom stereocenters. The number of hydrogen-bond donors (Lipinski definition) is 3. The lowest BCUT2D eigenvalue weighted by Crippen LogP contribution is -2.21. The Morgan fingerprint density at radius 1 is 1.65 bits per heavy atom. The van der Waals surface area contributed by atoms with Crippen molar-refractivity contribution in [3.63, 3.8) is 0 Å². The number of rotatable bonds is 2. The molecule has 1 fully saturated rings. The molecule has 3 heterocycles. The number of hydrogen-bond acceptors (Lipinski definition) is 6. The number of aliphatic hydroxyl groups is 1. The van der Waals surface area contributed by atoms with Crippen molar-refractivity contribution in [1.82, 2.24) is 19.5 Å². The molecule has 20 heavy (non-hydrogen) atoms. The fourth-order valence-electron chi connectivity index (χ4n) is 2.41. The van der Waals surface area contributed by atoms with Crippen LogP contribution in [-0.2, 0) is 4.74 Å². The van der Waals surface area contributed by atoms with Crippen LogP contribution in [0.3, 0.4) is 0 Å². The zero-order chi connectivity index (χ0) is 14.4. The number of fused-ring (bicyclic) bond motifs is 1. The van der Waals surface area contributed by atoms with Gasteiger partial charge in [0.1, 0.15) is 6.10 Å². The maximum Gasteiger partial charge on any atom is 0.280 e. The Labute approximate surface area is 113 Å². The quantitative estimate of drug-likeness (QED) is 0.661. The molecule has 0 amide bonds. The van der Waals surface area contributed by atoms with E-state index in [1.165, 1.54) is 10.9 Å². The van der Waals surface area contributed by atoms with Crippen LogP contribution in [-0.4, -0.2) is 36.8 Å². The molecule has 0 radical (unpaired) electrons. The van der Waals surface area contributed by atoms with Crippen molar-refractivity contribution in [2.24, 2.45) is 0 Å². The summed E-state index contributed by atoms with van der Waals surface area (Å²) in [6, 6.07) is 0. The lowest BCUT2D eigenvalue weighted by Gasteiger charge is -2.16. The number of nitrogens with zero attached hydrogens (tertiary/aromatic N) is 3. The van der Waals surface area contributed by atoms with Crippen molar-refractivity contribution in [3.05, 3.63) is 28.8 Å². The highest BCUT2D eigenvalue weighted by molar-refractivity contribution is 5.70. The molecule has 1 aliphatic rings. The average molecular weight is 277 g/mol. The number of nitrogen functional groups attached to an aromatic ring is 1. The molecule has 3 atom stereocenters. The fourth-order valence-corrected chi connectivity index (χ4v) is 2.41. The van der Waals surface area contributed by atoms with Crippen LogP contribution < -0.4 is 11.3 Å². The molecular weight excluding hydrogens is 262 g/mol. The van der Waals surface area contributed by atoms with Crippen LogP contribution >= 0.6 is 0 Å². The topological polar surface area (TPSA) is 119 Å². The van der Waals surface area contributed by atoms with E-state index >= 15 is 0 Å². The van der Waals surface area contributed by atoms with Crippen LogP contribution in [0.2, 0.25) is 0 Å². The molecule has 8 heteroatoms. The van der Waals surface area contributed by atoms with Gasteiger partial charge in [-0.1, -0.05) is 13.5 Å². The normalized spacial score (nSPS) is 26.5. The Bertz CT molecular complexity index is 734. The minimum atomic E-state index is -0.875. The summed E-state index contributed by atoms with van der Waals surface area (Å²) in [6.07, 6.45) is 0.304. The summed E-state index contributed by atoms with van der Waals surface area (Å²) in [6.45, 7) is 5.78. The van der Waals surface area contributed by atoms with Crippen molar-refractivity contribution in [2.45, 2.75) is 31.8 Å². The second-order valence-corrected chi connectivity index (χ2v) is 4.72. The van der Waals surface area contributed by atoms with E-state index in [-0.39, 0.29) is 23.2 Å². The summed E-state index contributed by atoms with van der Waals surface area (Å²) in [5.74, 6) is -0.0115. The van der Waals surface area contributed by atoms with Gasteiger partial charge in [-0.3, -0.25) is 14.3 Å². The van der Waals surface area contributed by atoms with Gasteiger partial charge in [0.2, 0.25) is 5.95 Å². The smallest absolute Gasteiger partial charge is 0.280 e. The standard InChI is InChI=1S/C12H15N5O3/c1-3-6-5(2)8(18)11(20-6)17-4-14-7-9(17)15-12(13)16-10(7)19/h4,6,8,11,18H,2-3H2,1H3,(H3,13,15,16,19)/t6-,8-,11-/m1/s1. The van der Waals surface area contributed by atoms with Gasteiger partial charge in [-0.15, -0.1) is 0 Å². The third-order valence-electron chi connectivity index (χ3n) is 3.46. The van der Waals surface area contributed by atoms with Crippen LogP contribution in [0, 0.1) is 0 Å². The first kappa shape index (κ1) is 12.8. The van der Waals surface area contributed by atoms with Crippen molar-refractivity contribution < 1.29 is 9.84 Å². The third kappa shape index (κ3) is 1.73. The predicted octanol–water partition coefficient (Wildman–Crippen LogP) is -0.0737. The van der Waals surface area contributed by atoms with Gasteiger partial charge in [-0.25, -0.2) is 4.98 Å². The molecule has 3 rings (SSSR count). The van der Waals surface area contributed by atoms with Crippen molar-refractivity contribution in [1.29, 1.82) is 0 Å². The first-order valence-electron chi connectivity index (χ1n) is 6.27. The third-order valence-corrected chi connectivity index (χ3v) is 3.46. The molecule has 1 aliphatic heterocycles. The number of nitrogens with one attached hydrogen (secondary N) is 1. The van der Waals surface area contributed by atoms with Crippen LogP contribution in [0.1, 0.15) is 19.6 Å². The summed E-state index contributed by atoms with van der Waals surface area (Å²) in [5.41, 5.74) is 6.15. The van der Waals surface area contributed by atoms with E-state index in [9.17, 15) is 9.90 Å². The Hall–Kier alpha value is -2.19. The maximum atomic E-state index is 11.7. The van der Waals surface area contributed by atoms with E-state index in [0.29, 0.717) is 12.0 Å². The number of nitrogens with two attached hydrogens (primary N) is 1. The van der Waals surface area contributed by atoms with E-state index in [1.54, 1.807) is 0 Å². The fraction of sp³-hybridized carbons (Fsp3) is 0.417. The summed E-state index contributed by atoms with van der Waals surface area (Å²) in [7, 11) is 0. The first-order chi connectivity index (χ1) is 9.52. The zero-order valence-corrected chi connectivity index (χ0v) is 10.9. The second kappa shape index (κ2) is 4.43. The average Bonchev–Trinajstić information content (AvgIpc) is 2.93. The number of anilines is 1. The highest BCUT2D eigenvalue weighted by Gasteiger charge is 2.38. The van der Waals surface area contributed by atoms with Gasteiger partial charge in [0.25, 0.3) is 5.56 Å². The number of H-pyrrole nitrogens is 1. The molecule has 0 spiro atoms. The number of aromatic nitrogens is 4. The predicted molar refractivity (Wildman–Crippen MR) is 71.9 cm³/mol. The zero-order valence-electron chi connectivity index (χ0n) is 10.9.